The molecule has 2 aliphatic carbocycles. The van der Waals surface area contributed by atoms with E-state index in [2.05, 4.69) is 10.4 Å². The summed E-state index contributed by atoms with van der Waals surface area (Å²) in [5.74, 6) is -0.740. The smallest absolute Gasteiger partial charge is 0.272 e. The van der Waals surface area contributed by atoms with Crippen LogP contribution in [0.5, 0.6) is 0 Å². The van der Waals surface area contributed by atoms with E-state index in [1.165, 1.54) is 4.68 Å². The molecular weight excluding hydrogens is 480 g/mol. The van der Waals surface area contributed by atoms with E-state index in [1.807, 2.05) is 12.1 Å². The molecule has 2 heterocycles. The number of nitrogens with zero attached hydrogens (tertiary/aromatic N) is 3. The highest BCUT2D eigenvalue weighted by molar-refractivity contribution is 7.94. The average molecular weight is 507 g/mol. The number of rotatable bonds is 9. The number of aliphatic hydroxyl groups is 1. The van der Waals surface area contributed by atoms with E-state index in [0.29, 0.717) is 49.2 Å². The van der Waals surface area contributed by atoms with E-state index >= 15 is 0 Å². The fraction of sp³-hybridized carbons (Fsp3) is 0.522. The van der Waals surface area contributed by atoms with Crippen molar-refractivity contribution in [2.75, 3.05) is 19.7 Å². The normalized spacial score (nSPS) is 19.1. The first-order chi connectivity index (χ1) is 16.3. The van der Waals surface area contributed by atoms with Crippen LogP contribution >= 0.6 is 11.6 Å². The molecule has 0 spiro atoms. The molecule has 5 rings (SSSR count). The third kappa shape index (κ3) is 4.12. The molecule has 3 aliphatic rings. The molecule has 1 aromatic carbocycles. The molecule has 2 aromatic rings. The summed E-state index contributed by atoms with van der Waals surface area (Å²) < 4.78 is 26.4. The minimum absolute atomic E-state index is 0.0674. The molecule has 9 nitrogen and oxygen atoms in total. The van der Waals surface area contributed by atoms with Crippen molar-refractivity contribution in [2.24, 2.45) is 0 Å². The fourth-order valence-corrected chi connectivity index (χ4v) is 7.28. The molecule has 0 atom stereocenters. The van der Waals surface area contributed by atoms with E-state index < -0.39 is 20.5 Å². The molecule has 2 N–H and O–H groups in total. The van der Waals surface area contributed by atoms with Crippen LogP contribution < -0.4 is 5.32 Å². The first-order valence-electron chi connectivity index (χ1n) is 11.5. The van der Waals surface area contributed by atoms with Gasteiger partial charge in [0.05, 0.1) is 23.1 Å². The van der Waals surface area contributed by atoms with Gasteiger partial charge in [-0.15, -0.1) is 0 Å². The van der Waals surface area contributed by atoms with Crippen molar-refractivity contribution in [2.45, 2.75) is 55.2 Å². The van der Waals surface area contributed by atoms with Gasteiger partial charge in [-0.1, -0.05) is 23.7 Å². The van der Waals surface area contributed by atoms with Crippen molar-refractivity contribution >= 4 is 33.3 Å². The van der Waals surface area contributed by atoms with Crippen molar-refractivity contribution < 1.29 is 23.1 Å². The molecule has 2 fully saturated rings. The first-order valence-corrected chi connectivity index (χ1v) is 13.4. The quantitative estimate of drug-likeness (QED) is 0.532. The largest absolute Gasteiger partial charge is 0.394 e. The van der Waals surface area contributed by atoms with Crippen LogP contribution in [0.15, 0.2) is 24.3 Å². The van der Waals surface area contributed by atoms with Gasteiger partial charge in [0.1, 0.15) is 5.69 Å². The van der Waals surface area contributed by atoms with E-state index in [0.717, 1.165) is 5.56 Å². The molecule has 182 valence electrons. The molecule has 11 heteroatoms. The number of aliphatic hydroxyl groups excluding tert-OH is 1. The highest BCUT2D eigenvalue weighted by atomic mass is 35.5. The summed E-state index contributed by atoms with van der Waals surface area (Å²) in [6.07, 6.45) is 2.98. The second-order valence-electron chi connectivity index (χ2n) is 9.34. The van der Waals surface area contributed by atoms with Crippen LogP contribution in [0.1, 0.15) is 57.8 Å². The number of carbonyl (C=O) groups excluding carboxylic acids is 2. The zero-order valence-electron chi connectivity index (χ0n) is 18.7. The monoisotopic (exact) mass is 506 g/mol. The number of sulfone groups is 1. The lowest BCUT2D eigenvalue weighted by Gasteiger charge is -2.31. The van der Waals surface area contributed by atoms with Crippen molar-refractivity contribution in [1.82, 2.24) is 20.0 Å². The Labute approximate surface area is 203 Å². The van der Waals surface area contributed by atoms with E-state index in [-0.39, 0.29) is 48.8 Å². The average Bonchev–Trinajstić information content (AvgIpc) is 3.73. The molecule has 1 aliphatic heterocycles. The van der Waals surface area contributed by atoms with Crippen molar-refractivity contribution in [1.29, 1.82) is 0 Å². The number of halogens is 1. The van der Waals surface area contributed by atoms with Crippen LogP contribution in [0.4, 0.5) is 0 Å². The Morgan fingerprint density at radius 3 is 2.56 bits per heavy atom. The van der Waals surface area contributed by atoms with Gasteiger partial charge < -0.3 is 15.3 Å². The molecule has 1 aromatic heterocycles. The van der Waals surface area contributed by atoms with Gasteiger partial charge >= 0.3 is 0 Å². The van der Waals surface area contributed by atoms with E-state index in [1.54, 1.807) is 17.0 Å². The maximum Gasteiger partial charge on any atom is 0.272 e. The van der Waals surface area contributed by atoms with Crippen LogP contribution in [-0.2, 0) is 29.3 Å². The number of benzene rings is 1. The van der Waals surface area contributed by atoms with Crippen LogP contribution in [0, 0.1) is 0 Å². The van der Waals surface area contributed by atoms with Crippen molar-refractivity contribution in [3.8, 4) is 0 Å². The molecule has 0 radical (unpaired) electrons. The molecule has 34 heavy (non-hydrogen) atoms. The van der Waals surface area contributed by atoms with Gasteiger partial charge in [-0.3, -0.25) is 14.3 Å². The lowest BCUT2D eigenvalue weighted by molar-refractivity contribution is 0.0721. The van der Waals surface area contributed by atoms with Gasteiger partial charge in [-0.2, -0.15) is 5.10 Å². The Morgan fingerprint density at radius 1 is 1.24 bits per heavy atom. The topological polar surface area (TPSA) is 122 Å². The first kappa shape index (κ1) is 23.3. The Bertz CT molecular complexity index is 1230. The highest BCUT2D eigenvalue weighted by Gasteiger charge is 2.60. The Balaban J connectivity index is 1.36. The number of aromatic nitrogens is 2. The maximum absolute atomic E-state index is 13.4. The number of hydrogen-bond acceptors (Lipinski definition) is 6. The third-order valence-electron chi connectivity index (χ3n) is 6.92. The van der Waals surface area contributed by atoms with Crippen molar-refractivity contribution in [3.05, 3.63) is 51.8 Å². The molecule has 2 amide bonds. The predicted molar refractivity (Wildman–Crippen MR) is 125 cm³/mol. The lowest BCUT2D eigenvalue weighted by atomic mass is 10.0. The van der Waals surface area contributed by atoms with Gasteiger partial charge in [0.2, 0.25) is 0 Å². The summed E-state index contributed by atoms with van der Waals surface area (Å²) in [6.45, 7) is 0.604. The zero-order chi connectivity index (χ0) is 24.1. The Hall–Kier alpha value is -2.43. The third-order valence-corrected chi connectivity index (χ3v) is 10.3. The second-order valence-corrected chi connectivity index (χ2v) is 12.4. The number of carbonyl (C=O) groups is 2. The van der Waals surface area contributed by atoms with Gasteiger partial charge in [0.15, 0.2) is 15.5 Å². The maximum atomic E-state index is 13.4. The summed E-state index contributed by atoms with van der Waals surface area (Å²) in [5.41, 5.74) is 1.84. The fourth-order valence-electron chi connectivity index (χ4n) is 4.68. The van der Waals surface area contributed by atoms with Gasteiger partial charge in [-0.25, -0.2) is 8.42 Å². The minimum Gasteiger partial charge on any atom is -0.394 e. The van der Waals surface area contributed by atoms with Gasteiger partial charge in [0, 0.05) is 30.2 Å². The van der Waals surface area contributed by atoms with Crippen LogP contribution in [0.3, 0.4) is 0 Å². The Kier molecular flexibility index (Phi) is 5.94. The summed E-state index contributed by atoms with van der Waals surface area (Å²) >= 11 is 5.91. The molecule has 2 saturated carbocycles. The highest BCUT2D eigenvalue weighted by Crippen LogP contribution is 2.50. The summed E-state index contributed by atoms with van der Waals surface area (Å²) in [6, 6.07) is 7.11. The number of hydrogen-bond donors (Lipinski definition) is 2. The van der Waals surface area contributed by atoms with Crippen molar-refractivity contribution in [3.63, 3.8) is 0 Å². The van der Waals surface area contributed by atoms with Crippen LogP contribution in [0.25, 0.3) is 0 Å². The molecule has 0 unspecified atom stereocenters. The zero-order valence-corrected chi connectivity index (χ0v) is 20.2. The molecular formula is C23H27ClN4O5S. The second kappa shape index (κ2) is 8.66. The van der Waals surface area contributed by atoms with Crippen LogP contribution in [-0.4, -0.2) is 69.7 Å². The molecule has 0 bridgehead atoms. The van der Waals surface area contributed by atoms with E-state index in [4.69, 9.17) is 11.6 Å². The molecule has 0 saturated heterocycles. The summed E-state index contributed by atoms with van der Waals surface area (Å²) in [7, 11) is -3.25. The number of fused-ring (bicyclic) bond motifs is 1. The van der Waals surface area contributed by atoms with Crippen LogP contribution in [0.2, 0.25) is 5.02 Å². The van der Waals surface area contributed by atoms with Gasteiger partial charge in [0.25, 0.3) is 11.8 Å². The lowest BCUT2D eigenvalue weighted by Crippen LogP contribution is -2.47. The predicted octanol–water partition coefficient (Wildman–Crippen LogP) is 1.57. The summed E-state index contributed by atoms with van der Waals surface area (Å²) in [5, 5.41) is 17.0. The van der Waals surface area contributed by atoms with E-state index in [9.17, 15) is 23.1 Å². The standard InChI is InChI=1S/C23H27ClN4O5S/c24-16-3-1-15(2-4-16)13-25-21(30)19-18-7-10-27(22(31)20(18)28(26-19)11-12-29)14-23(8-9-23)34(32,33)17-5-6-17/h1-4,17,29H,5-14H2,(H,25,30). The minimum atomic E-state index is -3.25. The number of nitrogens with one attached hydrogen (secondary N) is 1. The Morgan fingerprint density at radius 2 is 1.94 bits per heavy atom. The number of amides is 2. The van der Waals surface area contributed by atoms with Gasteiger partial charge in [-0.05, 0) is 49.8 Å². The SMILES string of the molecule is O=C(NCc1ccc(Cl)cc1)c1nn(CCO)c2c1CCN(CC1(S(=O)(=O)C3CC3)CC1)C2=O. The summed E-state index contributed by atoms with van der Waals surface area (Å²) in [4.78, 5) is 27.9.